The third kappa shape index (κ3) is 19.7. The molecule has 0 atom stereocenters. The lowest BCUT2D eigenvalue weighted by Crippen LogP contribution is -2.37. The third-order valence-electron chi connectivity index (χ3n) is 14.0. The maximum Gasteiger partial charge on any atom is 0.573 e. The van der Waals surface area contributed by atoms with Crippen molar-refractivity contribution in [2.24, 2.45) is 0 Å². The van der Waals surface area contributed by atoms with Gasteiger partial charge in [-0.05, 0) is 124 Å². The molecule has 0 aliphatic carbocycles. The van der Waals surface area contributed by atoms with E-state index in [-0.39, 0.29) is 97.5 Å². The molecule has 6 amide bonds. The van der Waals surface area contributed by atoms with Gasteiger partial charge in [-0.15, -0.1) is 63.5 Å². The summed E-state index contributed by atoms with van der Waals surface area (Å²) in [6, 6.07) is 35.7. The highest BCUT2D eigenvalue weighted by atomic mass is 35.5. The molecule has 0 radical (unpaired) electrons. The van der Waals surface area contributed by atoms with Crippen LogP contribution in [-0.2, 0) is 33.4 Å². The molecule has 0 fully saturated rings. The Labute approximate surface area is 556 Å². The number of benzene rings is 6. The summed E-state index contributed by atoms with van der Waals surface area (Å²) in [6.45, 7) is -0.271. The first-order chi connectivity index (χ1) is 45.7. The Balaban J connectivity index is 0.000000176. The Hall–Kier alpha value is -11.3. The summed E-state index contributed by atoms with van der Waals surface area (Å²) in [5.41, 5.74) is 5.76. The van der Waals surface area contributed by atoms with Gasteiger partial charge in [0.25, 0.3) is 17.7 Å². The molecule has 0 saturated carbocycles. The smallest absolute Gasteiger partial charge is 0.406 e. The van der Waals surface area contributed by atoms with Gasteiger partial charge < -0.3 is 44.4 Å². The van der Waals surface area contributed by atoms with Crippen LogP contribution >= 0.6 is 24.0 Å². The maximum atomic E-state index is 13.3. The molecule has 9 aromatic rings. The number of hydrogen-bond acceptors (Lipinski definition) is 15. The first-order valence-electron chi connectivity index (χ1n) is 28.2. The van der Waals surface area contributed by atoms with Crippen molar-refractivity contribution in [1.82, 2.24) is 45.0 Å². The van der Waals surface area contributed by atoms with Crippen LogP contribution in [0.1, 0.15) is 48.5 Å². The summed E-state index contributed by atoms with van der Waals surface area (Å²) in [4.78, 5) is 105. The van der Waals surface area contributed by atoms with Crippen molar-refractivity contribution in [3.05, 3.63) is 217 Å². The Morgan fingerprint density at radius 2 is 0.763 bits per heavy atom. The molecule has 32 heteroatoms. The number of rotatable bonds is 11. The minimum absolute atomic E-state index is 0. The van der Waals surface area contributed by atoms with Crippen LogP contribution in [-0.4, -0.2) is 128 Å². The van der Waals surface area contributed by atoms with Crippen LogP contribution in [0.25, 0.3) is 33.4 Å². The maximum absolute atomic E-state index is 13.3. The highest BCUT2D eigenvalue weighted by Crippen LogP contribution is 2.36. The molecule has 0 spiro atoms. The number of likely N-dealkylation sites (N-methyl/N-ethyl adjacent to an activating group) is 2. The Morgan fingerprint density at radius 3 is 1.09 bits per heavy atom. The average molecular weight is 1390 g/mol. The lowest BCUT2D eigenvalue weighted by molar-refractivity contribution is -0.275. The molecule has 21 nitrogen and oxygen atoms in total. The monoisotopic (exact) mass is 1380 g/mol. The number of hydrogen-bond donors (Lipinski definition) is 2. The molecule has 6 heterocycles. The highest BCUT2D eigenvalue weighted by molar-refractivity contribution is 6.16. The molecule has 2 N–H and O–H groups in total. The minimum atomic E-state index is -4.78. The zero-order valence-electron chi connectivity index (χ0n) is 50.4. The number of carbonyl (C=O) groups excluding carboxylic acids is 6. The summed E-state index contributed by atoms with van der Waals surface area (Å²) in [6.07, 6.45) is -4.75. The van der Waals surface area contributed by atoms with Crippen LogP contribution in [0.5, 0.6) is 17.2 Å². The molecule has 12 rings (SSSR count). The topological polar surface area (TPSA) is 244 Å². The van der Waals surface area contributed by atoms with Crippen molar-refractivity contribution in [1.29, 1.82) is 0 Å². The van der Waals surface area contributed by atoms with E-state index in [2.05, 4.69) is 54.7 Å². The van der Waals surface area contributed by atoms with Crippen molar-refractivity contribution in [3.63, 3.8) is 0 Å². The van der Waals surface area contributed by atoms with E-state index >= 15 is 0 Å². The third-order valence-corrected chi connectivity index (χ3v) is 14.2. The normalized spacial score (nSPS) is 13.7. The zero-order valence-corrected chi connectivity index (χ0v) is 52.0. The van der Waals surface area contributed by atoms with E-state index in [1.54, 1.807) is 124 Å². The Kier molecular flexibility index (Phi) is 23.1. The van der Waals surface area contributed by atoms with Gasteiger partial charge in [0.15, 0.2) is 0 Å². The van der Waals surface area contributed by atoms with Gasteiger partial charge in [-0.25, -0.2) is 29.9 Å². The van der Waals surface area contributed by atoms with Crippen LogP contribution in [0.15, 0.2) is 183 Å². The van der Waals surface area contributed by atoms with Gasteiger partial charge in [0.1, 0.15) is 47.8 Å². The summed E-state index contributed by atoms with van der Waals surface area (Å²) in [5, 5.41) is 5.07. The highest BCUT2D eigenvalue weighted by Gasteiger charge is 2.35. The van der Waals surface area contributed by atoms with Crippen LogP contribution < -0.4 is 34.6 Å². The number of anilines is 3. The van der Waals surface area contributed by atoms with E-state index in [1.165, 1.54) is 92.4 Å². The van der Waals surface area contributed by atoms with E-state index in [9.17, 15) is 68.3 Å². The predicted molar refractivity (Wildman–Crippen MR) is 336 cm³/mol. The van der Waals surface area contributed by atoms with Gasteiger partial charge >= 0.3 is 19.1 Å². The minimum Gasteiger partial charge on any atom is -0.406 e. The molecule has 6 aromatic carbocycles. The lowest BCUT2D eigenvalue weighted by atomic mass is 10.0. The second-order valence-corrected chi connectivity index (χ2v) is 20.8. The zero-order chi connectivity index (χ0) is 68.9. The molecule has 502 valence electrons. The van der Waals surface area contributed by atoms with Crippen molar-refractivity contribution < 1.29 is 82.5 Å². The largest absolute Gasteiger partial charge is 0.573 e. The molecular weight excluding hydrogens is 1330 g/mol. The molecule has 0 saturated heterocycles. The van der Waals surface area contributed by atoms with E-state index in [0.717, 1.165) is 0 Å². The van der Waals surface area contributed by atoms with Gasteiger partial charge in [0, 0.05) is 51.3 Å². The number of amides is 6. The van der Waals surface area contributed by atoms with Gasteiger partial charge in [-0.2, -0.15) is 0 Å². The fraction of sp³-hybridized carbons (Fsp3) is 0.169. The van der Waals surface area contributed by atoms with Crippen LogP contribution in [0.2, 0.25) is 0 Å². The lowest BCUT2D eigenvalue weighted by Gasteiger charge is -2.19. The summed E-state index contributed by atoms with van der Waals surface area (Å²) in [7, 11) is 3.17. The molecule has 3 aliphatic heterocycles. The number of ether oxygens (including phenoxy) is 3. The molecular formula is C65H51Cl2F9N12O9. The second kappa shape index (κ2) is 31.3. The van der Waals surface area contributed by atoms with Gasteiger partial charge in [-0.3, -0.25) is 28.8 Å². The van der Waals surface area contributed by atoms with Crippen molar-refractivity contribution in [2.45, 2.75) is 38.1 Å². The number of fused-ring (bicyclic) bond motifs is 3. The van der Waals surface area contributed by atoms with Crippen molar-refractivity contribution in [2.75, 3.05) is 48.8 Å². The van der Waals surface area contributed by atoms with Crippen LogP contribution in [0.4, 0.5) is 56.6 Å². The fourth-order valence-electron chi connectivity index (χ4n) is 9.49. The van der Waals surface area contributed by atoms with Crippen LogP contribution in [0, 0.1) is 0 Å². The van der Waals surface area contributed by atoms with Gasteiger partial charge in [-0.1, -0.05) is 54.6 Å². The predicted octanol–water partition coefficient (Wildman–Crippen LogP) is 11.9. The van der Waals surface area contributed by atoms with E-state index < -0.39 is 25.0 Å². The van der Waals surface area contributed by atoms with Gasteiger partial charge in [0.05, 0.1) is 59.3 Å². The molecule has 3 aliphatic rings. The summed E-state index contributed by atoms with van der Waals surface area (Å²) in [5.74, 6) is -1.16. The van der Waals surface area contributed by atoms with E-state index in [4.69, 9.17) is 11.6 Å². The Bertz CT molecular complexity index is 4080. The molecule has 3 aromatic heterocycles. The van der Waals surface area contributed by atoms with Gasteiger partial charge in [0.2, 0.25) is 17.7 Å². The number of carbonyl (C=O) groups is 6. The van der Waals surface area contributed by atoms with E-state index in [0.29, 0.717) is 84.9 Å². The van der Waals surface area contributed by atoms with Crippen LogP contribution in [0.3, 0.4) is 0 Å². The van der Waals surface area contributed by atoms with Crippen molar-refractivity contribution >= 4 is 76.5 Å². The SMILES string of the molecule is CN1C(=O)CN(Cc2ncccn2)C(=O)c2cc(-c3ccc(OC(F)(F)F)cc3)ccc21.CN1C(=O)CN(Cc2ncccn2)C(=O)c2cc(-c3ccc(OC(F)(F)F)cc3)ccc21.Cl.ClCc1ncccn1.O=C1CNC(=O)c2cc(-c3ccc(OC(F)(F)F)cc3)ccc2N1. The fourth-order valence-corrected chi connectivity index (χ4v) is 9.63. The first-order valence-corrected chi connectivity index (χ1v) is 28.7. The number of alkyl halides is 10. The van der Waals surface area contributed by atoms with E-state index in [1.807, 2.05) is 0 Å². The van der Waals surface area contributed by atoms with Crippen molar-refractivity contribution in [3.8, 4) is 50.6 Å². The average Bonchev–Trinajstić information content (AvgIpc) is 1.70. The number of aromatic nitrogens is 6. The standard InChI is InChI=1S/2C22H17F3N4O3.C16H11F3N2O3.C5H5ClN2.ClH/c2*1-28-18-8-5-15(14-3-6-16(7-4-14)32-22(23,24)25)11-17(18)21(31)29(13-20(28)30)12-19-26-9-2-10-27-19;17-16(18,19)24-11-4-1-9(2-5-11)10-3-6-13-12(7-10)15(23)20-8-14(22)21-13;6-4-5-7-2-1-3-8-5;/h2*2-11H,12-13H2,1H3;1-7H,8H2,(H,20,23)(H,21,22);1-3H,4H2;1H. The number of halogens is 11. The first kappa shape index (κ1) is 71.6. The summed E-state index contributed by atoms with van der Waals surface area (Å²) >= 11 is 5.40. The molecule has 0 unspecified atom stereocenters. The summed E-state index contributed by atoms with van der Waals surface area (Å²) < 4.78 is 122. The second-order valence-electron chi connectivity index (χ2n) is 20.5. The number of nitrogens with one attached hydrogen (secondary N) is 2. The quantitative estimate of drug-likeness (QED) is 0.0903. The molecule has 97 heavy (non-hydrogen) atoms. The Morgan fingerprint density at radius 1 is 0.443 bits per heavy atom. The number of nitrogens with zero attached hydrogens (tertiary/aromatic N) is 10. The molecule has 0 bridgehead atoms.